The molecular formula is C23H29N5O2. The summed E-state index contributed by atoms with van der Waals surface area (Å²) in [7, 11) is 0. The summed E-state index contributed by atoms with van der Waals surface area (Å²) in [5, 5.41) is 5.82. The van der Waals surface area contributed by atoms with E-state index in [0.29, 0.717) is 37.1 Å². The van der Waals surface area contributed by atoms with Crippen molar-refractivity contribution in [1.29, 1.82) is 0 Å². The maximum absolute atomic E-state index is 12.5. The zero-order valence-electron chi connectivity index (χ0n) is 17.5. The number of nitrogens with two attached hydrogens (primary N) is 1. The van der Waals surface area contributed by atoms with Crippen molar-refractivity contribution in [3.8, 4) is 0 Å². The van der Waals surface area contributed by atoms with Crippen molar-refractivity contribution in [1.82, 2.24) is 10.2 Å². The number of piperazine rings is 1. The van der Waals surface area contributed by atoms with Crippen molar-refractivity contribution in [3.05, 3.63) is 65.2 Å². The number of guanidine groups is 1. The molecule has 2 aromatic carbocycles. The molecule has 0 aliphatic carbocycles. The van der Waals surface area contributed by atoms with Gasteiger partial charge in [-0.15, -0.1) is 0 Å². The van der Waals surface area contributed by atoms with Gasteiger partial charge in [-0.3, -0.25) is 9.59 Å². The fourth-order valence-corrected chi connectivity index (χ4v) is 3.24. The molecule has 1 fully saturated rings. The topological polar surface area (TPSA) is 99.8 Å². The van der Waals surface area contributed by atoms with E-state index in [1.165, 1.54) is 5.56 Å². The molecule has 2 aromatic rings. The highest BCUT2D eigenvalue weighted by Gasteiger charge is 2.22. The third-order valence-corrected chi connectivity index (χ3v) is 5.32. The smallest absolute Gasteiger partial charge is 0.254 e. The van der Waals surface area contributed by atoms with Gasteiger partial charge in [-0.1, -0.05) is 38.1 Å². The molecule has 1 heterocycles. The first-order valence-corrected chi connectivity index (χ1v) is 10.3. The van der Waals surface area contributed by atoms with E-state index in [1.807, 2.05) is 24.3 Å². The molecule has 0 radical (unpaired) electrons. The van der Waals surface area contributed by atoms with Crippen molar-refractivity contribution in [2.24, 2.45) is 10.7 Å². The van der Waals surface area contributed by atoms with E-state index < -0.39 is 0 Å². The van der Waals surface area contributed by atoms with Crippen LogP contribution in [0.2, 0.25) is 0 Å². The van der Waals surface area contributed by atoms with Gasteiger partial charge in [0.15, 0.2) is 5.96 Å². The van der Waals surface area contributed by atoms with Crippen LogP contribution in [0.4, 0.5) is 5.69 Å². The van der Waals surface area contributed by atoms with Gasteiger partial charge in [0, 0.05) is 24.3 Å². The van der Waals surface area contributed by atoms with Crippen molar-refractivity contribution >= 4 is 23.5 Å². The minimum Gasteiger partial charge on any atom is -0.370 e. The molecule has 1 aliphatic heterocycles. The summed E-state index contributed by atoms with van der Waals surface area (Å²) in [4.78, 5) is 29.9. The largest absolute Gasteiger partial charge is 0.370 e. The molecule has 7 nitrogen and oxygen atoms in total. The highest BCUT2D eigenvalue weighted by Crippen LogP contribution is 2.20. The maximum atomic E-state index is 12.5. The zero-order chi connectivity index (χ0) is 21.5. The molecule has 0 aromatic heterocycles. The van der Waals surface area contributed by atoms with Crippen LogP contribution in [0.5, 0.6) is 0 Å². The predicted molar refractivity (Wildman–Crippen MR) is 119 cm³/mol. The molecule has 3 rings (SSSR count). The Morgan fingerprint density at radius 2 is 1.90 bits per heavy atom. The summed E-state index contributed by atoms with van der Waals surface area (Å²) in [6.07, 6.45) is 1.11. The number of hydrogen-bond donors (Lipinski definition) is 3. The molecule has 1 aliphatic rings. The molecule has 4 N–H and O–H groups in total. The Bertz CT molecular complexity index is 906. The highest BCUT2D eigenvalue weighted by atomic mass is 16.2. The van der Waals surface area contributed by atoms with Crippen LogP contribution in [0.3, 0.4) is 0 Å². The van der Waals surface area contributed by atoms with Gasteiger partial charge in [-0.25, -0.2) is 4.99 Å². The second-order valence-corrected chi connectivity index (χ2v) is 7.53. The number of anilines is 1. The van der Waals surface area contributed by atoms with Gasteiger partial charge in [0.05, 0.1) is 13.1 Å². The Labute approximate surface area is 177 Å². The number of rotatable bonds is 6. The normalized spacial score (nSPS) is 15.5. The molecule has 0 bridgehead atoms. The second kappa shape index (κ2) is 9.91. The van der Waals surface area contributed by atoms with Gasteiger partial charge in [0.1, 0.15) is 0 Å². The fourth-order valence-electron chi connectivity index (χ4n) is 3.24. The van der Waals surface area contributed by atoms with Gasteiger partial charge in [-0.2, -0.15) is 0 Å². The summed E-state index contributed by atoms with van der Waals surface area (Å²) < 4.78 is 0. The molecule has 0 spiro atoms. The third-order valence-electron chi connectivity index (χ3n) is 5.32. The summed E-state index contributed by atoms with van der Waals surface area (Å²) in [6.45, 7) is 5.91. The Hall–Kier alpha value is -3.35. The lowest BCUT2D eigenvalue weighted by atomic mass is 9.99. The molecule has 1 saturated heterocycles. The SMILES string of the molecule is CCC(C)c1ccc(NC(N)=NCc2ccc(C(=O)N3CCNC(=O)C3)cc2)cc1. The minimum atomic E-state index is -0.137. The number of aliphatic imine (C=N–C) groups is 1. The first-order valence-electron chi connectivity index (χ1n) is 10.3. The first kappa shape index (κ1) is 21.4. The number of nitrogens with one attached hydrogen (secondary N) is 2. The van der Waals surface area contributed by atoms with Crippen molar-refractivity contribution in [2.45, 2.75) is 32.7 Å². The molecule has 1 unspecified atom stereocenters. The van der Waals surface area contributed by atoms with Gasteiger partial charge in [0.25, 0.3) is 5.91 Å². The summed E-state index contributed by atoms with van der Waals surface area (Å²) in [5.74, 6) is 0.609. The lowest BCUT2D eigenvalue weighted by molar-refractivity contribution is -0.123. The van der Waals surface area contributed by atoms with Gasteiger partial charge in [0.2, 0.25) is 5.91 Å². The summed E-state index contributed by atoms with van der Waals surface area (Å²) in [5.41, 5.74) is 9.71. The highest BCUT2D eigenvalue weighted by molar-refractivity contribution is 5.97. The van der Waals surface area contributed by atoms with Crippen LogP contribution >= 0.6 is 0 Å². The number of amides is 2. The van der Waals surface area contributed by atoms with Crippen LogP contribution < -0.4 is 16.4 Å². The Morgan fingerprint density at radius 3 is 2.53 bits per heavy atom. The number of hydrogen-bond acceptors (Lipinski definition) is 3. The second-order valence-electron chi connectivity index (χ2n) is 7.53. The van der Waals surface area contributed by atoms with Crippen LogP contribution in [0.15, 0.2) is 53.5 Å². The predicted octanol–water partition coefficient (Wildman–Crippen LogP) is 2.70. The summed E-state index contributed by atoms with van der Waals surface area (Å²) in [6, 6.07) is 15.4. The van der Waals surface area contributed by atoms with E-state index in [4.69, 9.17) is 5.73 Å². The lowest BCUT2D eigenvalue weighted by Gasteiger charge is -2.26. The van der Waals surface area contributed by atoms with E-state index in [9.17, 15) is 9.59 Å². The number of nitrogens with zero attached hydrogens (tertiary/aromatic N) is 2. The molecule has 158 valence electrons. The Balaban J connectivity index is 1.55. The first-order chi connectivity index (χ1) is 14.5. The number of carbonyl (C=O) groups is 2. The van der Waals surface area contributed by atoms with Crippen molar-refractivity contribution in [2.75, 3.05) is 25.0 Å². The minimum absolute atomic E-state index is 0.103. The third kappa shape index (κ3) is 5.59. The standard InChI is InChI=1S/C23H29N5O2/c1-3-16(2)18-8-10-20(11-9-18)27-23(24)26-14-17-4-6-19(7-5-17)22(30)28-13-12-25-21(29)15-28/h4-11,16H,3,12-15H2,1-2H3,(H,25,29)(H3,24,26,27). The average Bonchev–Trinajstić information content (AvgIpc) is 2.77. The average molecular weight is 408 g/mol. The van der Waals surface area contributed by atoms with E-state index in [0.717, 1.165) is 17.7 Å². The Kier molecular flexibility index (Phi) is 7.06. The van der Waals surface area contributed by atoms with E-state index in [2.05, 4.69) is 41.6 Å². The monoisotopic (exact) mass is 407 g/mol. The lowest BCUT2D eigenvalue weighted by Crippen LogP contribution is -2.49. The van der Waals surface area contributed by atoms with Crippen LogP contribution in [0.1, 0.15) is 47.7 Å². The quantitative estimate of drug-likeness (QED) is 0.506. The molecule has 30 heavy (non-hydrogen) atoms. The molecule has 0 saturated carbocycles. The van der Waals surface area contributed by atoms with Crippen LogP contribution in [-0.2, 0) is 11.3 Å². The van der Waals surface area contributed by atoms with Gasteiger partial charge >= 0.3 is 0 Å². The van der Waals surface area contributed by atoms with Crippen LogP contribution in [0, 0.1) is 0 Å². The van der Waals surface area contributed by atoms with Gasteiger partial charge < -0.3 is 21.3 Å². The van der Waals surface area contributed by atoms with Crippen LogP contribution in [-0.4, -0.2) is 42.3 Å². The maximum Gasteiger partial charge on any atom is 0.254 e. The zero-order valence-corrected chi connectivity index (χ0v) is 17.5. The van der Waals surface area contributed by atoms with Crippen molar-refractivity contribution < 1.29 is 9.59 Å². The molecule has 7 heteroatoms. The van der Waals surface area contributed by atoms with E-state index in [-0.39, 0.29) is 18.4 Å². The number of benzene rings is 2. The van der Waals surface area contributed by atoms with Gasteiger partial charge in [-0.05, 0) is 47.7 Å². The fraction of sp³-hybridized carbons (Fsp3) is 0.348. The van der Waals surface area contributed by atoms with Crippen molar-refractivity contribution in [3.63, 3.8) is 0 Å². The van der Waals surface area contributed by atoms with Crippen LogP contribution in [0.25, 0.3) is 0 Å². The Morgan fingerprint density at radius 1 is 1.20 bits per heavy atom. The molecular weight excluding hydrogens is 378 g/mol. The number of carbonyl (C=O) groups excluding carboxylic acids is 2. The van der Waals surface area contributed by atoms with E-state index in [1.54, 1.807) is 17.0 Å². The molecule has 1 atom stereocenters. The molecule has 2 amide bonds. The summed E-state index contributed by atoms with van der Waals surface area (Å²) >= 11 is 0. The van der Waals surface area contributed by atoms with E-state index >= 15 is 0 Å².